The van der Waals surface area contributed by atoms with E-state index in [0.717, 1.165) is 30.9 Å². The van der Waals surface area contributed by atoms with Gasteiger partial charge in [-0.05, 0) is 24.1 Å². The molecule has 1 aromatic carbocycles. The molecule has 0 spiro atoms. The van der Waals surface area contributed by atoms with Gasteiger partial charge in [0, 0.05) is 12.5 Å². The Morgan fingerprint density at radius 3 is 3.05 bits per heavy atom. The molecule has 0 saturated carbocycles. The van der Waals surface area contributed by atoms with Crippen LogP contribution in [0.2, 0.25) is 0 Å². The lowest BCUT2D eigenvalue weighted by molar-refractivity contribution is 0.0184. The van der Waals surface area contributed by atoms with Crippen molar-refractivity contribution in [1.29, 1.82) is 0 Å². The number of aliphatic hydroxyl groups is 1. The van der Waals surface area contributed by atoms with Crippen molar-refractivity contribution in [3.63, 3.8) is 0 Å². The van der Waals surface area contributed by atoms with E-state index in [1.165, 1.54) is 0 Å². The minimum atomic E-state index is -0.642. The molecule has 5 heteroatoms. The highest BCUT2D eigenvalue weighted by Gasteiger charge is 2.19. The molecule has 1 N–H and O–H groups in total. The third-order valence-corrected chi connectivity index (χ3v) is 3.43. The van der Waals surface area contributed by atoms with E-state index in [9.17, 15) is 5.11 Å². The first-order valence-corrected chi connectivity index (χ1v) is 6.56. The number of hydrogen-bond donors (Lipinski definition) is 1. The second-order valence-corrected chi connectivity index (χ2v) is 4.90. The third kappa shape index (κ3) is 3.00. The Morgan fingerprint density at radius 1 is 1.32 bits per heavy atom. The molecule has 0 aliphatic carbocycles. The zero-order valence-electron chi connectivity index (χ0n) is 10.7. The lowest BCUT2D eigenvalue weighted by Gasteiger charge is -2.14. The summed E-state index contributed by atoms with van der Waals surface area (Å²) in [4.78, 5) is 0. The van der Waals surface area contributed by atoms with Crippen LogP contribution < -0.4 is 9.47 Å². The van der Waals surface area contributed by atoms with Crippen LogP contribution in [0.4, 0.5) is 0 Å². The molecule has 1 aromatic rings. The first-order chi connectivity index (χ1) is 9.33. The molecule has 104 valence electrons. The average molecular weight is 266 g/mol. The van der Waals surface area contributed by atoms with Crippen LogP contribution in [0.3, 0.4) is 0 Å². The molecule has 0 aromatic heterocycles. The highest BCUT2D eigenvalue weighted by Crippen LogP contribution is 2.34. The molecule has 2 atom stereocenters. The summed E-state index contributed by atoms with van der Waals surface area (Å²) < 4.78 is 21.3. The van der Waals surface area contributed by atoms with Gasteiger partial charge in [-0.3, -0.25) is 0 Å². The van der Waals surface area contributed by atoms with Gasteiger partial charge < -0.3 is 24.1 Å². The van der Waals surface area contributed by atoms with Gasteiger partial charge in [0.05, 0.1) is 19.8 Å². The second kappa shape index (κ2) is 5.77. The standard InChI is InChI=1S/C14H18O5/c15-12(8-17-7-10-3-4-16-6-10)11-1-2-13-14(5-11)19-9-18-13/h1-2,5,10,12,15H,3-4,6-9H2. The highest BCUT2D eigenvalue weighted by molar-refractivity contribution is 5.45. The summed E-state index contributed by atoms with van der Waals surface area (Å²) in [6, 6.07) is 5.45. The Bertz CT molecular complexity index is 428. The van der Waals surface area contributed by atoms with Gasteiger partial charge in [-0.15, -0.1) is 0 Å². The van der Waals surface area contributed by atoms with Crippen molar-refractivity contribution in [1.82, 2.24) is 0 Å². The lowest BCUT2D eigenvalue weighted by Crippen LogP contribution is -2.14. The van der Waals surface area contributed by atoms with E-state index in [0.29, 0.717) is 18.3 Å². The largest absolute Gasteiger partial charge is 0.454 e. The summed E-state index contributed by atoms with van der Waals surface area (Å²) in [5.41, 5.74) is 0.784. The fraction of sp³-hybridized carbons (Fsp3) is 0.571. The maximum atomic E-state index is 10.1. The Kier molecular flexibility index (Phi) is 3.87. The van der Waals surface area contributed by atoms with Gasteiger partial charge in [0.2, 0.25) is 6.79 Å². The summed E-state index contributed by atoms with van der Waals surface area (Å²) in [7, 11) is 0. The molecule has 2 heterocycles. The van der Waals surface area contributed by atoms with Crippen LogP contribution in [0.25, 0.3) is 0 Å². The van der Waals surface area contributed by atoms with Crippen molar-refractivity contribution in [2.45, 2.75) is 12.5 Å². The van der Waals surface area contributed by atoms with Gasteiger partial charge in [-0.25, -0.2) is 0 Å². The minimum absolute atomic E-state index is 0.243. The zero-order valence-corrected chi connectivity index (χ0v) is 10.7. The molecule has 2 unspecified atom stereocenters. The van der Waals surface area contributed by atoms with Gasteiger partial charge in [-0.2, -0.15) is 0 Å². The molecule has 1 saturated heterocycles. The average Bonchev–Trinajstić information content (AvgIpc) is 3.08. The number of benzene rings is 1. The van der Waals surface area contributed by atoms with E-state index in [1.54, 1.807) is 6.07 Å². The Morgan fingerprint density at radius 2 is 2.21 bits per heavy atom. The summed E-state index contributed by atoms with van der Waals surface area (Å²) in [5.74, 6) is 1.87. The monoisotopic (exact) mass is 266 g/mol. The molecule has 3 rings (SSSR count). The summed E-state index contributed by atoms with van der Waals surface area (Å²) in [6.07, 6.45) is 0.400. The Balaban J connectivity index is 1.50. The summed E-state index contributed by atoms with van der Waals surface area (Å²) >= 11 is 0. The van der Waals surface area contributed by atoms with E-state index < -0.39 is 6.10 Å². The first-order valence-electron chi connectivity index (χ1n) is 6.56. The molecular formula is C14H18O5. The lowest BCUT2D eigenvalue weighted by atomic mass is 10.1. The Labute approximate surface area is 112 Å². The van der Waals surface area contributed by atoms with Crippen LogP contribution in [0, 0.1) is 5.92 Å². The number of rotatable bonds is 5. The zero-order chi connectivity index (χ0) is 13.1. The van der Waals surface area contributed by atoms with Crippen molar-refractivity contribution < 1.29 is 24.1 Å². The molecule has 2 aliphatic rings. The minimum Gasteiger partial charge on any atom is -0.454 e. The predicted octanol–water partition coefficient (Wildman–Crippen LogP) is 1.50. The van der Waals surface area contributed by atoms with Gasteiger partial charge in [0.1, 0.15) is 6.10 Å². The van der Waals surface area contributed by atoms with E-state index in [2.05, 4.69) is 0 Å². The van der Waals surface area contributed by atoms with Crippen molar-refractivity contribution in [2.75, 3.05) is 33.2 Å². The molecular weight excluding hydrogens is 248 g/mol. The number of aliphatic hydroxyl groups excluding tert-OH is 1. The fourth-order valence-corrected chi connectivity index (χ4v) is 2.28. The van der Waals surface area contributed by atoms with Crippen molar-refractivity contribution in [3.05, 3.63) is 23.8 Å². The van der Waals surface area contributed by atoms with E-state index >= 15 is 0 Å². The maximum absolute atomic E-state index is 10.1. The van der Waals surface area contributed by atoms with Gasteiger partial charge in [-0.1, -0.05) is 6.07 Å². The van der Waals surface area contributed by atoms with E-state index in [1.807, 2.05) is 12.1 Å². The van der Waals surface area contributed by atoms with Crippen LogP contribution in [0.15, 0.2) is 18.2 Å². The van der Waals surface area contributed by atoms with Crippen LogP contribution >= 0.6 is 0 Å². The smallest absolute Gasteiger partial charge is 0.231 e. The van der Waals surface area contributed by atoms with Crippen LogP contribution in [0.5, 0.6) is 11.5 Å². The molecule has 19 heavy (non-hydrogen) atoms. The van der Waals surface area contributed by atoms with Crippen LogP contribution in [0.1, 0.15) is 18.1 Å². The maximum Gasteiger partial charge on any atom is 0.231 e. The van der Waals surface area contributed by atoms with E-state index in [4.69, 9.17) is 18.9 Å². The quantitative estimate of drug-likeness (QED) is 0.875. The number of hydrogen-bond acceptors (Lipinski definition) is 5. The molecule has 5 nitrogen and oxygen atoms in total. The van der Waals surface area contributed by atoms with E-state index in [-0.39, 0.29) is 13.4 Å². The van der Waals surface area contributed by atoms with Crippen molar-refractivity contribution in [3.8, 4) is 11.5 Å². The normalized spacial score (nSPS) is 22.7. The number of ether oxygens (including phenoxy) is 4. The van der Waals surface area contributed by atoms with Gasteiger partial charge in [0.15, 0.2) is 11.5 Å². The predicted molar refractivity (Wildman–Crippen MR) is 67.3 cm³/mol. The topological polar surface area (TPSA) is 57.2 Å². The van der Waals surface area contributed by atoms with Crippen molar-refractivity contribution >= 4 is 0 Å². The molecule has 1 fully saturated rings. The molecule has 0 bridgehead atoms. The van der Waals surface area contributed by atoms with Gasteiger partial charge in [0.25, 0.3) is 0 Å². The highest BCUT2D eigenvalue weighted by atomic mass is 16.7. The number of fused-ring (bicyclic) bond motifs is 1. The molecule has 0 amide bonds. The summed E-state index contributed by atoms with van der Waals surface area (Å²) in [6.45, 7) is 2.75. The third-order valence-electron chi connectivity index (χ3n) is 3.43. The van der Waals surface area contributed by atoms with Crippen LogP contribution in [-0.2, 0) is 9.47 Å². The fourth-order valence-electron chi connectivity index (χ4n) is 2.28. The Hall–Kier alpha value is -1.30. The SMILES string of the molecule is OC(COCC1CCOC1)c1ccc2c(c1)OCO2. The summed E-state index contributed by atoms with van der Waals surface area (Å²) in [5, 5.41) is 10.1. The second-order valence-electron chi connectivity index (χ2n) is 4.90. The van der Waals surface area contributed by atoms with Gasteiger partial charge >= 0.3 is 0 Å². The van der Waals surface area contributed by atoms with Crippen LogP contribution in [-0.4, -0.2) is 38.3 Å². The first kappa shape index (κ1) is 12.7. The molecule has 2 aliphatic heterocycles. The van der Waals surface area contributed by atoms with Crippen molar-refractivity contribution in [2.24, 2.45) is 5.92 Å². The molecule has 0 radical (unpaired) electrons.